The van der Waals surface area contributed by atoms with E-state index in [1.54, 1.807) is 0 Å². The number of aryl methyl sites for hydroxylation is 1. The third kappa shape index (κ3) is 3.41. The molecule has 1 N–H and O–H groups in total. The number of imidazole rings is 1. The van der Waals surface area contributed by atoms with Gasteiger partial charge in [0.1, 0.15) is 5.82 Å². The highest BCUT2D eigenvalue weighted by atomic mass is 16.5. The first kappa shape index (κ1) is 15.5. The molecule has 1 heterocycles. The molecule has 2 unspecified atom stereocenters. The first-order valence-electron chi connectivity index (χ1n) is 8.11. The third-order valence-electron chi connectivity index (χ3n) is 4.48. The summed E-state index contributed by atoms with van der Waals surface area (Å²) in [5.41, 5.74) is 0. The van der Waals surface area contributed by atoms with Gasteiger partial charge in [-0.1, -0.05) is 19.3 Å². The summed E-state index contributed by atoms with van der Waals surface area (Å²) in [5, 5.41) is 3.45. The van der Waals surface area contributed by atoms with Gasteiger partial charge in [0.05, 0.1) is 12.1 Å². The van der Waals surface area contributed by atoms with Gasteiger partial charge in [-0.15, -0.1) is 0 Å². The molecule has 20 heavy (non-hydrogen) atoms. The molecule has 0 aromatic carbocycles. The van der Waals surface area contributed by atoms with E-state index in [4.69, 9.17) is 4.74 Å². The van der Waals surface area contributed by atoms with E-state index in [0.29, 0.717) is 5.92 Å². The second-order valence-corrected chi connectivity index (χ2v) is 5.66. The van der Waals surface area contributed by atoms with Crippen molar-refractivity contribution < 1.29 is 4.74 Å². The van der Waals surface area contributed by atoms with Crippen molar-refractivity contribution in [2.45, 2.75) is 64.6 Å². The van der Waals surface area contributed by atoms with Crippen LogP contribution in [-0.4, -0.2) is 29.3 Å². The average Bonchev–Trinajstić information content (AvgIpc) is 2.96. The fourth-order valence-electron chi connectivity index (χ4n) is 3.47. The van der Waals surface area contributed by atoms with Crippen LogP contribution in [0.2, 0.25) is 0 Å². The fourth-order valence-corrected chi connectivity index (χ4v) is 3.47. The van der Waals surface area contributed by atoms with Gasteiger partial charge in [-0.3, -0.25) is 0 Å². The molecule has 2 rings (SSSR count). The molecular formula is C16H29N3O. The Balaban J connectivity index is 2.19. The fraction of sp³-hybridized carbons (Fsp3) is 0.812. The normalized spacial score (nSPS) is 19.9. The lowest BCUT2D eigenvalue weighted by atomic mass is 9.82. The van der Waals surface area contributed by atoms with Crippen molar-refractivity contribution in [3.63, 3.8) is 0 Å². The van der Waals surface area contributed by atoms with Gasteiger partial charge in [0.15, 0.2) is 0 Å². The number of rotatable bonds is 7. The molecular weight excluding hydrogens is 250 g/mol. The van der Waals surface area contributed by atoms with Crippen LogP contribution in [0.5, 0.6) is 0 Å². The molecule has 1 aliphatic carbocycles. The summed E-state index contributed by atoms with van der Waals surface area (Å²) in [6.07, 6.45) is 10.8. The molecule has 0 spiro atoms. The van der Waals surface area contributed by atoms with Crippen molar-refractivity contribution in [3.05, 3.63) is 18.2 Å². The second-order valence-electron chi connectivity index (χ2n) is 5.66. The molecule has 1 aromatic rings. The number of likely N-dealkylation sites (N-methyl/N-ethyl adjacent to an activating group) is 1. The lowest BCUT2D eigenvalue weighted by Crippen LogP contribution is -2.39. The smallest absolute Gasteiger partial charge is 0.128 e. The minimum Gasteiger partial charge on any atom is -0.376 e. The Morgan fingerprint density at radius 2 is 2.10 bits per heavy atom. The first-order valence-corrected chi connectivity index (χ1v) is 8.11. The first-order chi connectivity index (χ1) is 9.81. The molecule has 4 nitrogen and oxygen atoms in total. The largest absolute Gasteiger partial charge is 0.376 e. The monoisotopic (exact) mass is 279 g/mol. The topological polar surface area (TPSA) is 39.1 Å². The lowest BCUT2D eigenvalue weighted by molar-refractivity contribution is -0.0192. The third-order valence-corrected chi connectivity index (χ3v) is 4.48. The van der Waals surface area contributed by atoms with Crippen LogP contribution >= 0.6 is 0 Å². The van der Waals surface area contributed by atoms with E-state index in [-0.39, 0.29) is 12.1 Å². The zero-order valence-electron chi connectivity index (χ0n) is 13.1. The number of ether oxygens (including phenoxy) is 1. The van der Waals surface area contributed by atoms with E-state index in [9.17, 15) is 0 Å². The molecule has 2 atom stereocenters. The molecule has 1 saturated carbocycles. The van der Waals surface area contributed by atoms with Crippen LogP contribution in [-0.2, 0) is 11.3 Å². The van der Waals surface area contributed by atoms with Crippen LogP contribution in [0.1, 0.15) is 57.8 Å². The molecule has 1 fully saturated rings. The molecule has 1 aromatic heterocycles. The Morgan fingerprint density at radius 3 is 2.70 bits per heavy atom. The van der Waals surface area contributed by atoms with Gasteiger partial charge in [0.25, 0.3) is 0 Å². The SMILES string of the molecule is CCOC(C1CCCCC1)C(NC)c1nccn1CC. The summed E-state index contributed by atoms with van der Waals surface area (Å²) in [6, 6.07) is 0.188. The van der Waals surface area contributed by atoms with Crippen molar-refractivity contribution in [2.24, 2.45) is 5.92 Å². The summed E-state index contributed by atoms with van der Waals surface area (Å²) in [4.78, 5) is 4.58. The van der Waals surface area contributed by atoms with Gasteiger partial charge in [0, 0.05) is 25.5 Å². The molecule has 114 valence electrons. The number of nitrogens with zero attached hydrogens (tertiary/aromatic N) is 2. The Bertz CT molecular complexity index is 385. The van der Waals surface area contributed by atoms with Crippen LogP contribution in [0.15, 0.2) is 12.4 Å². The Morgan fingerprint density at radius 1 is 1.35 bits per heavy atom. The van der Waals surface area contributed by atoms with Crippen molar-refractivity contribution in [1.82, 2.24) is 14.9 Å². The molecule has 0 saturated heterocycles. The van der Waals surface area contributed by atoms with E-state index in [1.165, 1.54) is 32.1 Å². The predicted octanol–water partition coefficient (Wildman–Crippen LogP) is 3.15. The van der Waals surface area contributed by atoms with Crippen molar-refractivity contribution >= 4 is 0 Å². The van der Waals surface area contributed by atoms with Gasteiger partial charge >= 0.3 is 0 Å². The zero-order valence-corrected chi connectivity index (χ0v) is 13.1. The van der Waals surface area contributed by atoms with Crippen molar-refractivity contribution in [2.75, 3.05) is 13.7 Å². The maximum Gasteiger partial charge on any atom is 0.128 e. The molecule has 1 aliphatic rings. The van der Waals surface area contributed by atoms with Crippen LogP contribution in [0, 0.1) is 5.92 Å². The van der Waals surface area contributed by atoms with Gasteiger partial charge in [-0.25, -0.2) is 4.98 Å². The number of aromatic nitrogens is 2. The maximum atomic E-state index is 6.14. The van der Waals surface area contributed by atoms with E-state index in [1.807, 2.05) is 13.2 Å². The highest BCUT2D eigenvalue weighted by molar-refractivity contribution is 5.03. The Hall–Kier alpha value is -0.870. The number of nitrogens with one attached hydrogen (secondary N) is 1. The second kappa shape index (κ2) is 7.79. The lowest BCUT2D eigenvalue weighted by Gasteiger charge is -2.35. The molecule has 0 aliphatic heterocycles. The summed E-state index contributed by atoms with van der Waals surface area (Å²) >= 11 is 0. The summed E-state index contributed by atoms with van der Waals surface area (Å²) in [5.74, 6) is 1.77. The predicted molar refractivity (Wildman–Crippen MR) is 81.7 cm³/mol. The van der Waals surface area contributed by atoms with Gasteiger partial charge in [0.2, 0.25) is 0 Å². The Kier molecular flexibility index (Phi) is 6.05. The van der Waals surface area contributed by atoms with E-state index in [2.05, 4.69) is 34.9 Å². The van der Waals surface area contributed by atoms with Crippen LogP contribution < -0.4 is 5.32 Å². The summed E-state index contributed by atoms with van der Waals surface area (Å²) in [7, 11) is 2.02. The number of hydrogen-bond acceptors (Lipinski definition) is 3. The van der Waals surface area contributed by atoms with E-state index >= 15 is 0 Å². The highest BCUT2D eigenvalue weighted by Crippen LogP contribution is 2.33. The van der Waals surface area contributed by atoms with E-state index < -0.39 is 0 Å². The van der Waals surface area contributed by atoms with Gasteiger partial charge in [-0.2, -0.15) is 0 Å². The van der Waals surface area contributed by atoms with Crippen LogP contribution in [0.25, 0.3) is 0 Å². The van der Waals surface area contributed by atoms with E-state index in [0.717, 1.165) is 19.0 Å². The van der Waals surface area contributed by atoms with Gasteiger partial charge in [-0.05, 0) is 39.7 Å². The average molecular weight is 279 g/mol. The minimum atomic E-state index is 0.188. The Labute approximate surface area is 122 Å². The molecule has 0 bridgehead atoms. The number of hydrogen-bond donors (Lipinski definition) is 1. The van der Waals surface area contributed by atoms with Crippen molar-refractivity contribution in [1.29, 1.82) is 0 Å². The summed E-state index contributed by atoms with van der Waals surface area (Å²) in [6.45, 7) is 5.98. The molecule has 0 amide bonds. The van der Waals surface area contributed by atoms with Crippen LogP contribution in [0.3, 0.4) is 0 Å². The minimum absolute atomic E-state index is 0.188. The van der Waals surface area contributed by atoms with Crippen molar-refractivity contribution in [3.8, 4) is 0 Å². The zero-order chi connectivity index (χ0) is 14.4. The highest BCUT2D eigenvalue weighted by Gasteiger charge is 2.33. The quantitative estimate of drug-likeness (QED) is 0.833. The standard InChI is InChI=1S/C16H29N3O/c1-4-19-12-11-18-16(19)14(17-3)15(20-5-2)13-9-7-6-8-10-13/h11-15,17H,4-10H2,1-3H3. The summed E-state index contributed by atoms with van der Waals surface area (Å²) < 4.78 is 8.36. The van der Waals surface area contributed by atoms with Gasteiger partial charge < -0.3 is 14.6 Å². The molecule has 4 heteroatoms. The van der Waals surface area contributed by atoms with Crippen LogP contribution in [0.4, 0.5) is 0 Å². The molecule has 0 radical (unpaired) electrons. The maximum absolute atomic E-state index is 6.14.